The van der Waals surface area contributed by atoms with Crippen molar-refractivity contribution in [2.45, 2.75) is 38.1 Å². The maximum atomic E-state index is 3.26. The van der Waals surface area contributed by atoms with E-state index in [4.69, 9.17) is 0 Å². The van der Waals surface area contributed by atoms with Crippen LogP contribution < -0.4 is 4.34 Å². The molecule has 0 atom stereocenters. The molecule has 0 amide bonds. The van der Waals surface area contributed by atoms with E-state index in [0.29, 0.717) is 0 Å². The van der Waals surface area contributed by atoms with E-state index in [0.717, 1.165) is 6.04 Å². The molecule has 48 valence electrons. The summed E-state index contributed by atoms with van der Waals surface area (Å²) in [5.74, 6) is 0. The van der Waals surface area contributed by atoms with Crippen molar-refractivity contribution in [2.75, 3.05) is 0 Å². The standard InChI is InChI=1S/C6H12BrN/c7-8-6-4-2-1-3-5-6/h6,8H,1-5H2. The lowest BCUT2D eigenvalue weighted by Gasteiger charge is -2.18. The van der Waals surface area contributed by atoms with Crippen molar-refractivity contribution in [3.63, 3.8) is 0 Å². The van der Waals surface area contributed by atoms with Crippen LogP contribution in [0, 0.1) is 0 Å². The van der Waals surface area contributed by atoms with Gasteiger partial charge in [-0.2, -0.15) is 0 Å². The van der Waals surface area contributed by atoms with Gasteiger partial charge >= 0.3 is 0 Å². The monoisotopic (exact) mass is 177 g/mol. The summed E-state index contributed by atoms with van der Waals surface area (Å²) >= 11 is 3.26. The summed E-state index contributed by atoms with van der Waals surface area (Å²) in [4.78, 5) is 0. The highest BCUT2D eigenvalue weighted by molar-refractivity contribution is 9.08. The molecule has 1 N–H and O–H groups in total. The van der Waals surface area contributed by atoms with Crippen molar-refractivity contribution in [1.82, 2.24) is 4.34 Å². The molecule has 2 heteroatoms. The van der Waals surface area contributed by atoms with Crippen molar-refractivity contribution >= 4 is 16.1 Å². The van der Waals surface area contributed by atoms with Gasteiger partial charge in [0.1, 0.15) is 0 Å². The molecule has 1 aliphatic rings. The van der Waals surface area contributed by atoms with Gasteiger partial charge in [0.05, 0.1) is 0 Å². The van der Waals surface area contributed by atoms with E-state index in [9.17, 15) is 0 Å². The van der Waals surface area contributed by atoms with Crippen LogP contribution in [0.3, 0.4) is 0 Å². The lowest BCUT2D eigenvalue weighted by molar-refractivity contribution is 0.426. The second kappa shape index (κ2) is 3.46. The number of nitrogens with one attached hydrogen (secondary N) is 1. The van der Waals surface area contributed by atoms with Crippen LogP contribution in [0.15, 0.2) is 0 Å². The van der Waals surface area contributed by atoms with Crippen LogP contribution in [-0.4, -0.2) is 6.04 Å². The Morgan fingerprint density at radius 2 is 1.75 bits per heavy atom. The molecule has 1 nitrogen and oxygen atoms in total. The van der Waals surface area contributed by atoms with Crippen molar-refractivity contribution in [1.29, 1.82) is 0 Å². The molecule has 0 unspecified atom stereocenters. The van der Waals surface area contributed by atoms with Crippen LogP contribution in [0.5, 0.6) is 0 Å². The van der Waals surface area contributed by atoms with Gasteiger partial charge in [0.2, 0.25) is 0 Å². The SMILES string of the molecule is BrNC1CCCCC1. The number of rotatable bonds is 1. The normalized spacial score (nSPS) is 23.6. The predicted octanol–water partition coefficient (Wildman–Crippen LogP) is 2.22. The summed E-state index contributed by atoms with van der Waals surface area (Å²) in [5, 5.41) is 0. The average molecular weight is 178 g/mol. The van der Waals surface area contributed by atoms with E-state index in [1.807, 2.05) is 0 Å². The highest BCUT2D eigenvalue weighted by atomic mass is 79.9. The Hall–Kier alpha value is 0.440. The Kier molecular flexibility index (Phi) is 2.84. The second-order valence-electron chi connectivity index (χ2n) is 2.44. The zero-order chi connectivity index (χ0) is 5.82. The summed E-state index contributed by atoms with van der Waals surface area (Å²) in [6.07, 6.45) is 6.95. The van der Waals surface area contributed by atoms with Crippen LogP contribution in [-0.2, 0) is 0 Å². The van der Waals surface area contributed by atoms with Gasteiger partial charge in [-0.05, 0) is 12.8 Å². The first-order valence-corrected chi connectivity index (χ1v) is 4.09. The Morgan fingerprint density at radius 1 is 1.12 bits per heavy atom. The lowest BCUT2D eigenvalue weighted by atomic mass is 9.97. The Morgan fingerprint density at radius 3 is 2.12 bits per heavy atom. The van der Waals surface area contributed by atoms with Crippen LogP contribution in [0.2, 0.25) is 0 Å². The summed E-state index contributed by atoms with van der Waals surface area (Å²) in [6, 6.07) is 0.753. The van der Waals surface area contributed by atoms with Crippen LogP contribution in [0.25, 0.3) is 0 Å². The topological polar surface area (TPSA) is 12.0 Å². The molecular formula is C6H12BrN. The minimum absolute atomic E-state index is 0.753. The van der Waals surface area contributed by atoms with E-state index in [1.54, 1.807) is 0 Å². The van der Waals surface area contributed by atoms with Gasteiger partial charge in [-0.1, -0.05) is 19.3 Å². The Balaban J connectivity index is 2.13. The van der Waals surface area contributed by atoms with Crippen molar-refractivity contribution in [3.8, 4) is 0 Å². The molecule has 0 heterocycles. The van der Waals surface area contributed by atoms with Gasteiger partial charge in [0.25, 0.3) is 0 Å². The third-order valence-electron chi connectivity index (χ3n) is 1.76. The van der Waals surface area contributed by atoms with Gasteiger partial charge in [0.15, 0.2) is 0 Å². The summed E-state index contributed by atoms with van der Waals surface area (Å²) in [7, 11) is 0. The zero-order valence-electron chi connectivity index (χ0n) is 4.99. The second-order valence-corrected chi connectivity index (χ2v) is 2.90. The minimum atomic E-state index is 0.753. The maximum absolute atomic E-state index is 3.26. The zero-order valence-corrected chi connectivity index (χ0v) is 6.58. The fourth-order valence-corrected chi connectivity index (χ4v) is 1.67. The Bertz CT molecular complexity index is 59.5. The number of hydrogen-bond donors (Lipinski definition) is 1. The van der Waals surface area contributed by atoms with Crippen LogP contribution >= 0.6 is 16.1 Å². The van der Waals surface area contributed by atoms with Crippen molar-refractivity contribution < 1.29 is 0 Å². The largest absolute Gasteiger partial charge is 0.253 e. The third kappa shape index (κ3) is 1.75. The molecular weight excluding hydrogens is 166 g/mol. The summed E-state index contributed by atoms with van der Waals surface area (Å²) < 4.78 is 3.12. The van der Waals surface area contributed by atoms with Gasteiger partial charge < -0.3 is 0 Å². The fourth-order valence-electron chi connectivity index (χ4n) is 1.21. The first kappa shape index (κ1) is 6.56. The van der Waals surface area contributed by atoms with Gasteiger partial charge in [0, 0.05) is 22.2 Å². The fraction of sp³-hybridized carbons (Fsp3) is 1.00. The maximum Gasteiger partial charge on any atom is 0.0174 e. The van der Waals surface area contributed by atoms with Gasteiger partial charge in [-0.25, -0.2) is 0 Å². The smallest absolute Gasteiger partial charge is 0.0174 e. The molecule has 1 rings (SSSR count). The number of halogens is 1. The molecule has 0 aliphatic heterocycles. The van der Waals surface area contributed by atoms with Crippen molar-refractivity contribution in [2.24, 2.45) is 0 Å². The van der Waals surface area contributed by atoms with E-state index in [1.165, 1.54) is 32.1 Å². The van der Waals surface area contributed by atoms with Gasteiger partial charge in [-0.3, -0.25) is 4.34 Å². The Labute approximate surface area is 59.2 Å². The highest BCUT2D eigenvalue weighted by Crippen LogP contribution is 2.17. The van der Waals surface area contributed by atoms with E-state index >= 15 is 0 Å². The van der Waals surface area contributed by atoms with E-state index in [-0.39, 0.29) is 0 Å². The van der Waals surface area contributed by atoms with Crippen LogP contribution in [0.4, 0.5) is 0 Å². The molecule has 1 fully saturated rings. The molecule has 0 aromatic rings. The molecule has 1 aliphatic carbocycles. The highest BCUT2D eigenvalue weighted by Gasteiger charge is 2.10. The third-order valence-corrected chi connectivity index (χ3v) is 2.41. The lowest BCUT2D eigenvalue weighted by Crippen LogP contribution is -2.22. The summed E-state index contributed by atoms with van der Waals surface area (Å²) in [6.45, 7) is 0. The molecule has 8 heavy (non-hydrogen) atoms. The average Bonchev–Trinajstić information content (AvgIpc) is 1.90. The predicted molar refractivity (Wildman–Crippen MR) is 38.9 cm³/mol. The van der Waals surface area contributed by atoms with Crippen LogP contribution in [0.1, 0.15) is 32.1 Å². The molecule has 1 saturated carbocycles. The number of hydrogen-bond acceptors (Lipinski definition) is 1. The van der Waals surface area contributed by atoms with Gasteiger partial charge in [-0.15, -0.1) is 0 Å². The molecule has 0 radical (unpaired) electrons. The van der Waals surface area contributed by atoms with E-state index < -0.39 is 0 Å². The first-order chi connectivity index (χ1) is 3.93. The minimum Gasteiger partial charge on any atom is -0.253 e. The first-order valence-electron chi connectivity index (χ1n) is 3.29. The molecule has 0 spiro atoms. The molecule has 0 aromatic carbocycles. The van der Waals surface area contributed by atoms with Crippen molar-refractivity contribution in [3.05, 3.63) is 0 Å². The molecule has 0 aromatic heterocycles. The summed E-state index contributed by atoms with van der Waals surface area (Å²) in [5.41, 5.74) is 0. The van der Waals surface area contributed by atoms with E-state index in [2.05, 4.69) is 20.5 Å². The quantitative estimate of drug-likeness (QED) is 0.607. The molecule has 0 bridgehead atoms. The molecule has 0 saturated heterocycles.